The number of nitrogens with zero attached hydrogens (tertiary/aromatic N) is 5. The Morgan fingerprint density at radius 1 is 0.732 bits per heavy atom. The Hall–Kier alpha value is -3.46. The first-order valence-electron chi connectivity index (χ1n) is 15.3. The van der Waals surface area contributed by atoms with Gasteiger partial charge in [-0.1, -0.05) is 18.2 Å². The van der Waals surface area contributed by atoms with Crippen LogP contribution in [0.4, 0.5) is 0 Å². The summed E-state index contributed by atoms with van der Waals surface area (Å²) in [6.45, 7) is 6.69. The lowest BCUT2D eigenvalue weighted by Crippen LogP contribution is -2.52. The highest BCUT2D eigenvalue weighted by molar-refractivity contribution is 5.88. The zero-order chi connectivity index (χ0) is 28.1. The smallest absolute Gasteiger partial charge is 0.250 e. The third-order valence-electron chi connectivity index (χ3n) is 10.1. The van der Waals surface area contributed by atoms with Crippen molar-refractivity contribution in [2.24, 2.45) is 17.8 Å². The Kier molecular flexibility index (Phi) is 6.93. The monoisotopic (exact) mass is 557 g/mol. The predicted molar refractivity (Wildman–Crippen MR) is 155 cm³/mol. The third-order valence-corrected chi connectivity index (χ3v) is 10.1. The van der Waals surface area contributed by atoms with Gasteiger partial charge in [-0.25, -0.2) is 0 Å². The zero-order valence-electron chi connectivity index (χ0n) is 23.6. The molecule has 7 rings (SSSR count). The molecule has 3 fully saturated rings. The van der Waals surface area contributed by atoms with Crippen LogP contribution in [0.1, 0.15) is 48.9 Å². The molecule has 3 saturated heterocycles. The number of carbonyl (C=O) groups is 2. The Morgan fingerprint density at radius 2 is 1.34 bits per heavy atom. The normalized spacial score (nSPS) is 27.9. The Labute approximate surface area is 240 Å². The molecule has 0 spiro atoms. The minimum absolute atomic E-state index is 0.0274. The maximum atomic E-state index is 13.5. The molecule has 4 atom stereocenters. The second-order valence-corrected chi connectivity index (χ2v) is 12.9. The number of rotatable bonds is 4. The van der Waals surface area contributed by atoms with E-state index in [9.17, 15) is 19.2 Å². The van der Waals surface area contributed by atoms with Crippen LogP contribution >= 0.6 is 0 Å². The molecule has 0 saturated carbocycles. The molecule has 0 aromatic carbocycles. The quantitative estimate of drug-likeness (QED) is 0.536. The number of fused-ring (bicyclic) bond motifs is 8. The van der Waals surface area contributed by atoms with Gasteiger partial charge >= 0.3 is 0 Å². The summed E-state index contributed by atoms with van der Waals surface area (Å²) < 4.78 is 3.85. The molecule has 0 N–H and O–H groups in total. The highest BCUT2D eigenvalue weighted by atomic mass is 16.2. The fourth-order valence-corrected chi connectivity index (χ4v) is 8.23. The van der Waals surface area contributed by atoms with E-state index >= 15 is 0 Å². The lowest BCUT2D eigenvalue weighted by molar-refractivity contribution is -0.141. The molecule has 5 aliphatic heterocycles. The van der Waals surface area contributed by atoms with Crippen molar-refractivity contribution < 1.29 is 9.59 Å². The lowest BCUT2D eigenvalue weighted by atomic mass is 9.82. The number of likely N-dealkylation sites (tertiary alicyclic amines) is 3. The van der Waals surface area contributed by atoms with E-state index in [1.165, 1.54) is 0 Å². The summed E-state index contributed by atoms with van der Waals surface area (Å²) in [6.07, 6.45) is 7.26. The van der Waals surface area contributed by atoms with Crippen molar-refractivity contribution in [2.45, 2.75) is 50.6 Å². The van der Waals surface area contributed by atoms with Gasteiger partial charge in [0.1, 0.15) is 0 Å². The fourth-order valence-electron chi connectivity index (χ4n) is 8.23. The summed E-state index contributed by atoms with van der Waals surface area (Å²) in [5.41, 5.74) is 2.37. The molecule has 2 amide bonds. The third kappa shape index (κ3) is 5.09. The second kappa shape index (κ2) is 10.7. The molecule has 0 aliphatic carbocycles. The molecule has 5 aliphatic rings. The predicted octanol–water partition coefficient (Wildman–Crippen LogP) is 1.87. The van der Waals surface area contributed by atoms with Gasteiger partial charge < -0.3 is 18.9 Å². The maximum Gasteiger partial charge on any atom is 0.250 e. The topological polar surface area (TPSA) is 87.9 Å². The summed E-state index contributed by atoms with van der Waals surface area (Å²) in [4.78, 5) is 57.3. The molecule has 9 heteroatoms. The SMILES string of the molecule is O=C(C=CCN1CC2CC(C1)c1cccc(=O)n1C2)N1CCC(C(=O)N2CC3CC(C2)c2cccc(=O)n2C3)CC1. The molecule has 41 heavy (non-hydrogen) atoms. The molecule has 7 heterocycles. The van der Waals surface area contributed by atoms with Crippen LogP contribution in [0.5, 0.6) is 0 Å². The number of hydrogen-bond acceptors (Lipinski definition) is 5. The summed E-state index contributed by atoms with van der Waals surface area (Å²) in [5.74, 6) is 1.60. The van der Waals surface area contributed by atoms with Gasteiger partial charge in [0.15, 0.2) is 0 Å². The molecular weight excluding hydrogens is 518 g/mol. The zero-order valence-corrected chi connectivity index (χ0v) is 23.6. The molecule has 4 unspecified atom stereocenters. The number of piperidine rings is 3. The van der Waals surface area contributed by atoms with Crippen molar-refractivity contribution >= 4 is 11.8 Å². The van der Waals surface area contributed by atoms with Gasteiger partial charge in [-0.3, -0.25) is 24.1 Å². The number of carbonyl (C=O) groups excluding carboxylic acids is 2. The molecule has 4 bridgehead atoms. The van der Waals surface area contributed by atoms with E-state index in [4.69, 9.17) is 0 Å². The van der Waals surface area contributed by atoms with Crippen molar-refractivity contribution in [1.29, 1.82) is 0 Å². The summed E-state index contributed by atoms with van der Waals surface area (Å²) in [5, 5.41) is 0. The van der Waals surface area contributed by atoms with E-state index in [0.717, 1.165) is 57.0 Å². The highest BCUT2D eigenvalue weighted by Gasteiger charge is 2.39. The Balaban J connectivity index is 0.898. The van der Waals surface area contributed by atoms with Crippen LogP contribution in [0.2, 0.25) is 0 Å². The fraction of sp³-hybridized carbons (Fsp3) is 0.562. The van der Waals surface area contributed by atoms with Crippen molar-refractivity contribution in [3.63, 3.8) is 0 Å². The number of amides is 2. The van der Waals surface area contributed by atoms with Crippen molar-refractivity contribution in [3.05, 3.63) is 80.6 Å². The molecule has 9 nitrogen and oxygen atoms in total. The average molecular weight is 558 g/mol. The molecule has 216 valence electrons. The van der Waals surface area contributed by atoms with Gasteiger partial charge in [0.25, 0.3) is 11.1 Å². The summed E-state index contributed by atoms with van der Waals surface area (Å²) in [6, 6.07) is 11.1. The van der Waals surface area contributed by atoms with Crippen LogP contribution in [0.15, 0.2) is 58.1 Å². The summed E-state index contributed by atoms with van der Waals surface area (Å²) >= 11 is 0. The van der Waals surface area contributed by atoms with Crippen LogP contribution in [0, 0.1) is 17.8 Å². The van der Waals surface area contributed by atoms with Gasteiger partial charge in [0.05, 0.1) is 0 Å². The number of aromatic nitrogens is 2. The number of pyridine rings is 2. The van der Waals surface area contributed by atoms with E-state index in [1.54, 1.807) is 18.2 Å². The lowest BCUT2D eigenvalue weighted by Gasteiger charge is -2.44. The Bertz CT molecular complexity index is 1490. The molecular formula is C32H39N5O4. The first-order valence-corrected chi connectivity index (χ1v) is 15.3. The van der Waals surface area contributed by atoms with Crippen LogP contribution in [0.25, 0.3) is 0 Å². The Morgan fingerprint density at radius 3 is 2.00 bits per heavy atom. The van der Waals surface area contributed by atoms with Gasteiger partial charge in [-0.2, -0.15) is 0 Å². The van der Waals surface area contributed by atoms with E-state index < -0.39 is 0 Å². The van der Waals surface area contributed by atoms with Crippen LogP contribution in [-0.2, 0) is 22.7 Å². The van der Waals surface area contributed by atoms with Crippen LogP contribution in [0.3, 0.4) is 0 Å². The molecule has 2 aromatic heterocycles. The standard InChI is InChI=1S/C32H39N5O4/c38-29(8-3-11-33-16-22-14-25(20-33)27-4-1-6-30(39)36(27)18-22)34-12-9-24(10-13-34)32(41)35-17-23-15-26(21-35)28-5-2-7-31(40)37(28)19-23/h1-8,22-26H,9-21H2. The van der Waals surface area contributed by atoms with Crippen molar-refractivity contribution in [1.82, 2.24) is 23.8 Å². The van der Waals surface area contributed by atoms with E-state index in [-0.39, 0.29) is 34.8 Å². The first kappa shape index (κ1) is 26.4. The minimum Gasteiger partial charge on any atom is -0.341 e. The van der Waals surface area contributed by atoms with Gasteiger partial charge in [-0.05, 0) is 49.7 Å². The van der Waals surface area contributed by atoms with E-state index in [1.807, 2.05) is 43.2 Å². The molecule has 2 aromatic rings. The van der Waals surface area contributed by atoms with Gasteiger partial charge in [0.2, 0.25) is 11.8 Å². The van der Waals surface area contributed by atoms with E-state index in [2.05, 4.69) is 11.0 Å². The largest absolute Gasteiger partial charge is 0.341 e. The first-order chi connectivity index (χ1) is 19.9. The van der Waals surface area contributed by atoms with Crippen molar-refractivity contribution in [3.8, 4) is 0 Å². The van der Waals surface area contributed by atoms with Crippen molar-refractivity contribution in [2.75, 3.05) is 45.8 Å². The van der Waals surface area contributed by atoms with E-state index in [0.29, 0.717) is 56.8 Å². The second-order valence-electron chi connectivity index (χ2n) is 12.9. The minimum atomic E-state index is -0.0389. The van der Waals surface area contributed by atoms with Crippen LogP contribution < -0.4 is 11.1 Å². The van der Waals surface area contributed by atoms with Gasteiger partial charge in [0, 0.05) is 106 Å². The average Bonchev–Trinajstić information content (AvgIpc) is 2.98. The van der Waals surface area contributed by atoms with Gasteiger partial charge in [-0.15, -0.1) is 0 Å². The molecule has 0 radical (unpaired) electrons. The highest BCUT2D eigenvalue weighted by Crippen LogP contribution is 2.37. The number of hydrogen-bond donors (Lipinski definition) is 0. The summed E-state index contributed by atoms with van der Waals surface area (Å²) in [7, 11) is 0. The van der Waals surface area contributed by atoms with Crippen LogP contribution in [-0.4, -0.2) is 81.5 Å². The maximum absolute atomic E-state index is 13.5.